The molecule has 1 fully saturated rings. The van der Waals surface area contributed by atoms with Gasteiger partial charge >= 0.3 is 0 Å². The van der Waals surface area contributed by atoms with Crippen molar-refractivity contribution in [2.75, 3.05) is 44.7 Å². The summed E-state index contributed by atoms with van der Waals surface area (Å²) < 4.78 is 5.34. The summed E-state index contributed by atoms with van der Waals surface area (Å²) in [4.78, 5) is 30.8. The van der Waals surface area contributed by atoms with Crippen LogP contribution < -0.4 is 10.9 Å². The molecule has 3 aromatic rings. The minimum Gasteiger partial charge on any atom is -0.379 e. The molecular weight excluding hydrogens is 332 g/mol. The number of anilines is 1. The Morgan fingerprint density at radius 3 is 2.85 bits per heavy atom. The average Bonchev–Trinajstić information content (AvgIpc) is 2.69. The van der Waals surface area contributed by atoms with Crippen molar-refractivity contribution in [3.8, 4) is 11.3 Å². The second-order valence-corrected chi connectivity index (χ2v) is 6.07. The first-order valence-corrected chi connectivity index (χ1v) is 8.66. The molecule has 0 saturated carbocycles. The van der Waals surface area contributed by atoms with Crippen LogP contribution in [0.4, 0.5) is 5.95 Å². The van der Waals surface area contributed by atoms with Gasteiger partial charge in [0.25, 0.3) is 5.56 Å². The fraction of sp³-hybridized carbons (Fsp3) is 0.333. The highest BCUT2D eigenvalue weighted by atomic mass is 16.5. The topological polar surface area (TPSA) is 96.0 Å². The quantitative estimate of drug-likeness (QED) is 0.710. The van der Waals surface area contributed by atoms with Crippen LogP contribution in [-0.4, -0.2) is 64.2 Å². The van der Waals surface area contributed by atoms with Crippen LogP contribution in [0.5, 0.6) is 0 Å². The van der Waals surface area contributed by atoms with Gasteiger partial charge in [-0.05, 0) is 18.2 Å². The zero-order chi connectivity index (χ0) is 17.8. The Hall–Kier alpha value is -2.84. The summed E-state index contributed by atoms with van der Waals surface area (Å²) in [5.41, 5.74) is 1.63. The molecule has 0 atom stereocenters. The predicted molar refractivity (Wildman–Crippen MR) is 99.1 cm³/mol. The van der Waals surface area contributed by atoms with Gasteiger partial charge in [-0.15, -0.1) is 0 Å². The lowest BCUT2D eigenvalue weighted by atomic mass is 10.1. The minimum absolute atomic E-state index is 0.224. The van der Waals surface area contributed by atoms with Crippen molar-refractivity contribution in [2.24, 2.45) is 0 Å². The number of aromatic amines is 1. The Kier molecular flexibility index (Phi) is 4.85. The van der Waals surface area contributed by atoms with Crippen molar-refractivity contribution in [1.29, 1.82) is 0 Å². The summed E-state index contributed by atoms with van der Waals surface area (Å²) in [7, 11) is 0. The van der Waals surface area contributed by atoms with E-state index in [1.165, 1.54) is 0 Å². The van der Waals surface area contributed by atoms with Crippen molar-refractivity contribution >= 4 is 17.0 Å². The van der Waals surface area contributed by atoms with E-state index in [9.17, 15) is 4.79 Å². The molecule has 0 radical (unpaired) electrons. The van der Waals surface area contributed by atoms with Gasteiger partial charge in [0, 0.05) is 44.1 Å². The van der Waals surface area contributed by atoms with E-state index in [-0.39, 0.29) is 5.56 Å². The molecule has 2 N–H and O–H groups in total. The van der Waals surface area contributed by atoms with Crippen LogP contribution >= 0.6 is 0 Å². The molecule has 1 aliphatic heterocycles. The molecule has 8 nitrogen and oxygen atoms in total. The molecule has 0 unspecified atom stereocenters. The summed E-state index contributed by atoms with van der Waals surface area (Å²) in [5.74, 6) is 0.432. The van der Waals surface area contributed by atoms with Crippen LogP contribution in [0.3, 0.4) is 0 Å². The Bertz CT molecular complexity index is 937. The number of nitrogens with one attached hydrogen (secondary N) is 2. The minimum atomic E-state index is -0.224. The first-order valence-electron chi connectivity index (χ1n) is 8.66. The molecule has 0 aromatic carbocycles. The molecule has 134 valence electrons. The number of hydrogen-bond acceptors (Lipinski definition) is 7. The van der Waals surface area contributed by atoms with E-state index < -0.39 is 0 Å². The lowest BCUT2D eigenvalue weighted by Gasteiger charge is -2.26. The smallest absolute Gasteiger partial charge is 0.262 e. The molecular formula is C18H20N6O2. The monoisotopic (exact) mass is 352 g/mol. The number of morpholine rings is 1. The van der Waals surface area contributed by atoms with E-state index in [1.54, 1.807) is 18.5 Å². The lowest BCUT2D eigenvalue weighted by Crippen LogP contribution is -2.39. The number of hydrogen-bond donors (Lipinski definition) is 2. The van der Waals surface area contributed by atoms with Gasteiger partial charge in [-0.2, -0.15) is 4.98 Å². The summed E-state index contributed by atoms with van der Waals surface area (Å²) in [5, 5.41) is 3.63. The third-order valence-electron chi connectivity index (χ3n) is 4.37. The second-order valence-electron chi connectivity index (χ2n) is 6.07. The Balaban J connectivity index is 1.56. The lowest BCUT2D eigenvalue weighted by molar-refractivity contribution is 0.0398. The molecule has 3 aromatic heterocycles. The van der Waals surface area contributed by atoms with E-state index >= 15 is 0 Å². The third-order valence-corrected chi connectivity index (χ3v) is 4.37. The summed E-state index contributed by atoms with van der Waals surface area (Å²) >= 11 is 0. The molecule has 0 spiro atoms. The maximum absolute atomic E-state index is 12.6. The molecule has 8 heteroatoms. The van der Waals surface area contributed by atoms with Gasteiger partial charge in [0.2, 0.25) is 5.95 Å². The zero-order valence-corrected chi connectivity index (χ0v) is 14.3. The first kappa shape index (κ1) is 16.6. The van der Waals surface area contributed by atoms with Crippen LogP contribution in [-0.2, 0) is 4.74 Å². The fourth-order valence-electron chi connectivity index (χ4n) is 3.04. The van der Waals surface area contributed by atoms with Crippen molar-refractivity contribution in [2.45, 2.75) is 0 Å². The number of aromatic nitrogens is 4. The van der Waals surface area contributed by atoms with Crippen LogP contribution in [0.15, 0.2) is 41.5 Å². The standard InChI is InChI=1S/C18H20N6O2/c25-17-15-13(14-3-1-2-5-19-14)4-6-20-16(15)22-18(23-17)21-7-8-24-9-11-26-12-10-24/h1-6H,7-12H2,(H2,20,21,22,23,25). The van der Waals surface area contributed by atoms with E-state index in [2.05, 4.69) is 30.2 Å². The van der Waals surface area contributed by atoms with E-state index in [4.69, 9.17) is 4.74 Å². The Morgan fingerprint density at radius 1 is 1.15 bits per heavy atom. The highest BCUT2D eigenvalue weighted by Crippen LogP contribution is 2.22. The summed E-state index contributed by atoms with van der Waals surface area (Å²) in [6.45, 7) is 4.95. The zero-order valence-electron chi connectivity index (χ0n) is 14.3. The van der Waals surface area contributed by atoms with E-state index in [1.807, 2.05) is 18.2 Å². The number of pyridine rings is 2. The highest BCUT2D eigenvalue weighted by molar-refractivity contribution is 5.90. The van der Waals surface area contributed by atoms with E-state index in [0.29, 0.717) is 23.5 Å². The van der Waals surface area contributed by atoms with E-state index in [0.717, 1.165) is 44.1 Å². The van der Waals surface area contributed by atoms with Gasteiger partial charge in [-0.3, -0.25) is 19.7 Å². The number of nitrogens with zero attached hydrogens (tertiary/aromatic N) is 4. The molecule has 1 saturated heterocycles. The molecule has 4 heterocycles. The van der Waals surface area contributed by atoms with Gasteiger partial charge in [0.15, 0.2) is 5.65 Å². The number of ether oxygens (including phenoxy) is 1. The number of rotatable bonds is 5. The molecule has 4 rings (SSSR count). The Labute approximate surface area is 150 Å². The van der Waals surface area contributed by atoms with Crippen LogP contribution in [0.2, 0.25) is 0 Å². The summed E-state index contributed by atoms with van der Waals surface area (Å²) in [6.07, 6.45) is 3.35. The highest BCUT2D eigenvalue weighted by Gasteiger charge is 2.13. The van der Waals surface area contributed by atoms with Crippen molar-refractivity contribution in [1.82, 2.24) is 24.8 Å². The van der Waals surface area contributed by atoms with Gasteiger partial charge in [0.05, 0.1) is 24.3 Å². The summed E-state index contributed by atoms with van der Waals surface area (Å²) in [6, 6.07) is 7.37. The third kappa shape index (κ3) is 3.56. The van der Waals surface area contributed by atoms with Crippen molar-refractivity contribution in [3.63, 3.8) is 0 Å². The normalized spacial score (nSPS) is 15.2. The van der Waals surface area contributed by atoms with Crippen LogP contribution in [0.25, 0.3) is 22.3 Å². The maximum atomic E-state index is 12.6. The predicted octanol–water partition coefficient (Wildman–Crippen LogP) is 1.12. The van der Waals surface area contributed by atoms with Crippen LogP contribution in [0, 0.1) is 0 Å². The van der Waals surface area contributed by atoms with Gasteiger partial charge in [-0.1, -0.05) is 6.07 Å². The van der Waals surface area contributed by atoms with Gasteiger partial charge in [-0.25, -0.2) is 4.98 Å². The average molecular weight is 352 g/mol. The Morgan fingerprint density at radius 2 is 2.04 bits per heavy atom. The SMILES string of the molecule is O=c1[nH]c(NCCN2CCOCC2)nc2nccc(-c3ccccn3)c12. The number of H-pyrrole nitrogens is 1. The molecule has 26 heavy (non-hydrogen) atoms. The largest absolute Gasteiger partial charge is 0.379 e. The fourth-order valence-corrected chi connectivity index (χ4v) is 3.04. The second kappa shape index (κ2) is 7.59. The van der Waals surface area contributed by atoms with Gasteiger partial charge < -0.3 is 10.1 Å². The number of fused-ring (bicyclic) bond motifs is 1. The van der Waals surface area contributed by atoms with Crippen molar-refractivity contribution < 1.29 is 4.74 Å². The van der Waals surface area contributed by atoms with Crippen LogP contribution in [0.1, 0.15) is 0 Å². The van der Waals surface area contributed by atoms with Gasteiger partial charge in [0.1, 0.15) is 0 Å². The maximum Gasteiger partial charge on any atom is 0.262 e. The molecule has 1 aliphatic rings. The van der Waals surface area contributed by atoms with Crippen molar-refractivity contribution in [3.05, 3.63) is 47.0 Å². The molecule has 0 bridgehead atoms. The molecule has 0 amide bonds. The first-order chi connectivity index (χ1) is 12.8. The molecule has 0 aliphatic carbocycles.